The number of benzene rings is 1. The van der Waals surface area contributed by atoms with Crippen LogP contribution in [-0.4, -0.2) is 16.9 Å². The van der Waals surface area contributed by atoms with Crippen LogP contribution in [0.4, 0.5) is 0 Å². The molecule has 1 amide bonds. The Morgan fingerprint density at radius 2 is 1.89 bits per heavy atom. The average Bonchev–Trinajstić information content (AvgIpc) is 3.23. The van der Waals surface area contributed by atoms with Crippen molar-refractivity contribution in [2.75, 3.05) is 0 Å². The molecule has 0 aliphatic heterocycles. The molecule has 2 aromatic rings. The Balaban J connectivity index is 2.06. The van der Waals surface area contributed by atoms with Crippen molar-refractivity contribution < 1.29 is 4.79 Å². The lowest BCUT2D eigenvalue weighted by Gasteiger charge is -2.08. The van der Waals surface area contributed by atoms with Crippen LogP contribution in [0.1, 0.15) is 23.2 Å². The van der Waals surface area contributed by atoms with Gasteiger partial charge >= 0.3 is 0 Å². The highest BCUT2D eigenvalue weighted by Crippen LogP contribution is 2.23. The van der Waals surface area contributed by atoms with Gasteiger partial charge < -0.3 is 10.3 Å². The van der Waals surface area contributed by atoms with Gasteiger partial charge in [-0.1, -0.05) is 30.3 Å². The summed E-state index contributed by atoms with van der Waals surface area (Å²) in [6.07, 6.45) is 3.56. The minimum absolute atomic E-state index is 0.195. The summed E-state index contributed by atoms with van der Waals surface area (Å²) in [7, 11) is 0. The standard InChI is InChI=1S/C15H14N2O2/c18-14-13(15(19)17-11-6-7-11)12(8-9-16-14)10-4-2-1-3-5-10/h1-5,8-9,11H,6-7H2,(H,16,18)(H,17,19). The molecule has 1 heterocycles. The zero-order valence-corrected chi connectivity index (χ0v) is 10.3. The van der Waals surface area contributed by atoms with Crippen LogP contribution in [0.2, 0.25) is 0 Å². The van der Waals surface area contributed by atoms with Gasteiger partial charge in [0.25, 0.3) is 11.5 Å². The largest absolute Gasteiger partial charge is 0.349 e. The summed E-state index contributed by atoms with van der Waals surface area (Å²) in [6.45, 7) is 0. The molecular formula is C15H14N2O2. The second-order valence-corrected chi connectivity index (χ2v) is 4.71. The number of hydrogen-bond acceptors (Lipinski definition) is 2. The second kappa shape index (κ2) is 4.72. The molecule has 0 unspecified atom stereocenters. The van der Waals surface area contributed by atoms with E-state index in [0.717, 1.165) is 18.4 Å². The third-order valence-corrected chi connectivity index (χ3v) is 3.19. The third-order valence-electron chi connectivity index (χ3n) is 3.19. The SMILES string of the molecule is O=C(NC1CC1)c1c(-c2ccccc2)cc[nH]c1=O. The molecule has 1 aromatic heterocycles. The van der Waals surface area contributed by atoms with Gasteiger partial charge in [0.2, 0.25) is 0 Å². The molecule has 1 saturated carbocycles. The van der Waals surface area contributed by atoms with E-state index in [1.807, 2.05) is 30.3 Å². The zero-order chi connectivity index (χ0) is 13.2. The van der Waals surface area contributed by atoms with E-state index in [2.05, 4.69) is 10.3 Å². The van der Waals surface area contributed by atoms with Crippen LogP contribution in [0.15, 0.2) is 47.4 Å². The van der Waals surface area contributed by atoms with Crippen LogP contribution in [0.3, 0.4) is 0 Å². The number of pyridine rings is 1. The number of carbonyl (C=O) groups excluding carboxylic acids is 1. The Morgan fingerprint density at radius 1 is 1.16 bits per heavy atom. The van der Waals surface area contributed by atoms with Crippen molar-refractivity contribution in [2.24, 2.45) is 0 Å². The maximum absolute atomic E-state index is 12.2. The number of hydrogen-bond donors (Lipinski definition) is 2. The smallest absolute Gasteiger partial charge is 0.261 e. The van der Waals surface area contributed by atoms with E-state index in [1.54, 1.807) is 12.3 Å². The molecule has 19 heavy (non-hydrogen) atoms. The summed E-state index contributed by atoms with van der Waals surface area (Å²) >= 11 is 0. The maximum atomic E-state index is 12.2. The topological polar surface area (TPSA) is 62.0 Å². The first-order valence-corrected chi connectivity index (χ1v) is 6.33. The Hall–Kier alpha value is -2.36. The van der Waals surface area contributed by atoms with Crippen LogP contribution < -0.4 is 10.9 Å². The summed E-state index contributed by atoms with van der Waals surface area (Å²) in [4.78, 5) is 26.7. The fourth-order valence-corrected chi connectivity index (χ4v) is 2.05. The van der Waals surface area contributed by atoms with Gasteiger partial charge in [-0.3, -0.25) is 9.59 Å². The molecular weight excluding hydrogens is 240 g/mol. The Morgan fingerprint density at radius 3 is 2.58 bits per heavy atom. The molecule has 4 heteroatoms. The second-order valence-electron chi connectivity index (χ2n) is 4.71. The molecule has 1 aromatic carbocycles. The molecule has 0 spiro atoms. The molecule has 1 aliphatic carbocycles. The van der Waals surface area contributed by atoms with Gasteiger partial charge in [0.05, 0.1) is 0 Å². The predicted octanol–water partition coefficient (Wildman–Crippen LogP) is 1.93. The Labute approximate surface area is 110 Å². The van der Waals surface area contributed by atoms with Gasteiger partial charge in [0.15, 0.2) is 0 Å². The van der Waals surface area contributed by atoms with Crippen LogP contribution in [0, 0.1) is 0 Å². The minimum Gasteiger partial charge on any atom is -0.349 e. The number of rotatable bonds is 3. The summed E-state index contributed by atoms with van der Waals surface area (Å²) in [6, 6.07) is 11.5. The van der Waals surface area contributed by atoms with E-state index in [9.17, 15) is 9.59 Å². The van der Waals surface area contributed by atoms with E-state index in [4.69, 9.17) is 0 Å². The monoisotopic (exact) mass is 254 g/mol. The predicted molar refractivity (Wildman–Crippen MR) is 73.0 cm³/mol. The van der Waals surface area contributed by atoms with Gasteiger partial charge in [-0.2, -0.15) is 0 Å². The Bertz CT molecular complexity index is 657. The number of aromatic nitrogens is 1. The minimum atomic E-state index is -0.348. The van der Waals surface area contributed by atoms with E-state index in [0.29, 0.717) is 5.56 Å². The number of carbonyl (C=O) groups is 1. The number of nitrogens with one attached hydrogen (secondary N) is 2. The average molecular weight is 254 g/mol. The van der Waals surface area contributed by atoms with Gasteiger partial charge in [-0.15, -0.1) is 0 Å². The van der Waals surface area contributed by atoms with E-state index >= 15 is 0 Å². The summed E-state index contributed by atoms with van der Waals surface area (Å²) in [5.41, 5.74) is 1.39. The fourth-order valence-electron chi connectivity index (χ4n) is 2.05. The van der Waals surface area contributed by atoms with Crippen LogP contribution in [0.25, 0.3) is 11.1 Å². The van der Waals surface area contributed by atoms with Gasteiger partial charge in [-0.25, -0.2) is 0 Å². The van der Waals surface area contributed by atoms with E-state index in [-0.39, 0.29) is 23.1 Å². The van der Waals surface area contributed by atoms with Crippen molar-refractivity contribution in [3.8, 4) is 11.1 Å². The first kappa shape index (κ1) is 11.7. The van der Waals surface area contributed by atoms with Gasteiger partial charge in [0, 0.05) is 17.8 Å². The van der Waals surface area contributed by atoms with Gasteiger partial charge in [-0.05, 0) is 24.5 Å². The first-order valence-electron chi connectivity index (χ1n) is 6.33. The van der Waals surface area contributed by atoms with Crippen LogP contribution >= 0.6 is 0 Å². The van der Waals surface area contributed by atoms with E-state index < -0.39 is 0 Å². The molecule has 0 saturated heterocycles. The molecule has 96 valence electrons. The number of amides is 1. The van der Waals surface area contributed by atoms with Crippen LogP contribution in [0.5, 0.6) is 0 Å². The molecule has 1 fully saturated rings. The van der Waals surface area contributed by atoms with E-state index in [1.165, 1.54) is 0 Å². The molecule has 0 atom stereocenters. The molecule has 3 rings (SSSR count). The summed E-state index contributed by atoms with van der Waals surface area (Å²) < 4.78 is 0. The van der Waals surface area contributed by atoms with Crippen molar-refractivity contribution in [3.05, 3.63) is 58.5 Å². The molecule has 0 bridgehead atoms. The third kappa shape index (κ3) is 2.42. The lowest BCUT2D eigenvalue weighted by atomic mass is 10.0. The van der Waals surface area contributed by atoms with Crippen molar-refractivity contribution in [1.29, 1.82) is 0 Å². The summed E-state index contributed by atoms with van der Waals surface area (Å²) in [5.74, 6) is -0.289. The van der Waals surface area contributed by atoms with Crippen molar-refractivity contribution in [3.63, 3.8) is 0 Å². The molecule has 0 radical (unpaired) electrons. The molecule has 2 N–H and O–H groups in total. The van der Waals surface area contributed by atoms with Crippen molar-refractivity contribution >= 4 is 5.91 Å². The maximum Gasteiger partial charge on any atom is 0.261 e. The first-order chi connectivity index (χ1) is 9.25. The number of H-pyrrole nitrogens is 1. The highest BCUT2D eigenvalue weighted by Gasteiger charge is 2.26. The highest BCUT2D eigenvalue weighted by atomic mass is 16.2. The Kier molecular flexibility index (Phi) is 2.91. The van der Waals surface area contributed by atoms with Crippen molar-refractivity contribution in [1.82, 2.24) is 10.3 Å². The quantitative estimate of drug-likeness (QED) is 0.879. The van der Waals surface area contributed by atoms with Crippen molar-refractivity contribution in [2.45, 2.75) is 18.9 Å². The molecule has 1 aliphatic rings. The van der Waals surface area contributed by atoms with Gasteiger partial charge in [0.1, 0.15) is 5.56 Å². The normalized spacial score (nSPS) is 14.1. The fraction of sp³-hybridized carbons (Fsp3) is 0.200. The lowest BCUT2D eigenvalue weighted by Crippen LogP contribution is -2.31. The zero-order valence-electron chi connectivity index (χ0n) is 10.3. The van der Waals surface area contributed by atoms with Crippen LogP contribution in [-0.2, 0) is 0 Å². The molecule has 4 nitrogen and oxygen atoms in total. The number of aromatic amines is 1. The highest BCUT2D eigenvalue weighted by molar-refractivity contribution is 6.00. The summed E-state index contributed by atoms with van der Waals surface area (Å²) in [5, 5.41) is 2.86. The lowest BCUT2D eigenvalue weighted by molar-refractivity contribution is 0.0950.